The lowest BCUT2D eigenvalue weighted by Gasteiger charge is -2.16. The van der Waals surface area contributed by atoms with Gasteiger partial charge in [0.05, 0.1) is 19.2 Å². The van der Waals surface area contributed by atoms with Crippen LogP contribution in [0.4, 0.5) is 0 Å². The van der Waals surface area contributed by atoms with Crippen LogP contribution in [0.15, 0.2) is 60.7 Å². The molecule has 0 atom stereocenters. The molecule has 2 N–H and O–H groups in total. The van der Waals surface area contributed by atoms with Gasteiger partial charge >= 0.3 is 0 Å². The molecule has 2 heterocycles. The van der Waals surface area contributed by atoms with E-state index in [1.807, 2.05) is 60.7 Å². The van der Waals surface area contributed by atoms with Gasteiger partial charge in [-0.2, -0.15) is 9.97 Å². The Hall–Kier alpha value is -4.67. The van der Waals surface area contributed by atoms with Crippen LogP contribution in [-0.4, -0.2) is 49.0 Å². The van der Waals surface area contributed by atoms with E-state index in [1.165, 1.54) is 6.92 Å². The van der Waals surface area contributed by atoms with Gasteiger partial charge in [0.2, 0.25) is 29.4 Å². The molecule has 4 rings (SSSR count). The van der Waals surface area contributed by atoms with Crippen molar-refractivity contribution in [2.75, 3.05) is 27.3 Å². The maximum absolute atomic E-state index is 11.2. The molecule has 266 valence electrons. The monoisotopic (exact) mass is 702 g/mol. The smallest absolute Gasteiger partial charge is 0.220 e. The molecule has 4 aromatic rings. The molecule has 0 bridgehead atoms. The van der Waals surface area contributed by atoms with E-state index in [0.717, 1.165) is 71.2 Å². The summed E-state index contributed by atoms with van der Waals surface area (Å²) < 4.78 is 23.2. The van der Waals surface area contributed by atoms with Gasteiger partial charge < -0.3 is 34.4 Å². The summed E-state index contributed by atoms with van der Waals surface area (Å²) in [5.41, 5.74) is 6.68. The fourth-order valence-electron chi connectivity index (χ4n) is 5.47. The SMILES string of the molecule is COc1nc(OCc2cccc(-c3cccc(COc4ccc(CNCCCC(C)=O)c(OC)n4)c3Cl)c2C)ccc1CCCCNC(C)=O. The zero-order chi connectivity index (χ0) is 35.9. The number of carbonyl (C=O) groups is 2. The first-order chi connectivity index (χ1) is 24.2. The second-order valence-corrected chi connectivity index (χ2v) is 12.4. The number of aromatic nitrogens is 2. The summed E-state index contributed by atoms with van der Waals surface area (Å²) in [4.78, 5) is 31.4. The van der Waals surface area contributed by atoms with Crippen molar-refractivity contribution in [3.63, 3.8) is 0 Å². The van der Waals surface area contributed by atoms with E-state index in [1.54, 1.807) is 21.1 Å². The number of hydrogen-bond acceptors (Lipinski definition) is 9. The van der Waals surface area contributed by atoms with Crippen LogP contribution in [0.1, 0.15) is 67.3 Å². The summed E-state index contributed by atoms with van der Waals surface area (Å²) in [5.74, 6) is 2.10. The molecule has 0 aliphatic heterocycles. The summed E-state index contributed by atoms with van der Waals surface area (Å²) in [6, 6.07) is 19.6. The van der Waals surface area contributed by atoms with Crippen molar-refractivity contribution in [1.29, 1.82) is 0 Å². The second kappa shape index (κ2) is 19.5. The van der Waals surface area contributed by atoms with Crippen molar-refractivity contribution < 1.29 is 28.5 Å². The van der Waals surface area contributed by atoms with Crippen molar-refractivity contribution >= 4 is 23.3 Å². The summed E-state index contributed by atoms with van der Waals surface area (Å²) in [6.45, 7) is 7.69. The number of amides is 1. The number of ketones is 1. The van der Waals surface area contributed by atoms with Crippen molar-refractivity contribution in [2.45, 2.75) is 72.6 Å². The third kappa shape index (κ3) is 11.2. The van der Waals surface area contributed by atoms with Gasteiger partial charge in [-0.05, 0) is 74.9 Å². The number of unbranched alkanes of at least 4 members (excludes halogenated alkanes) is 1. The van der Waals surface area contributed by atoms with Gasteiger partial charge in [-0.25, -0.2) is 0 Å². The fraction of sp³-hybridized carbons (Fsp3) is 0.385. The quantitative estimate of drug-likeness (QED) is 0.0922. The number of pyridine rings is 2. The highest BCUT2D eigenvalue weighted by atomic mass is 35.5. The Kier molecular flexibility index (Phi) is 14.9. The van der Waals surface area contributed by atoms with E-state index >= 15 is 0 Å². The van der Waals surface area contributed by atoms with Crippen molar-refractivity contribution in [3.8, 4) is 34.6 Å². The van der Waals surface area contributed by atoms with Crippen molar-refractivity contribution in [3.05, 3.63) is 93.5 Å². The lowest BCUT2D eigenvalue weighted by molar-refractivity contribution is -0.119. The highest BCUT2D eigenvalue weighted by molar-refractivity contribution is 6.34. The number of halogens is 1. The molecule has 0 radical (unpaired) electrons. The van der Waals surface area contributed by atoms with E-state index in [4.69, 9.17) is 30.5 Å². The Balaban J connectivity index is 1.38. The van der Waals surface area contributed by atoms with E-state index in [2.05, 4.69) is 27.5 Å². The molecule has 2 aromatic heterocycles. The predicted molar refractivity (Wildman–Crippen MR) is 195 cm³/mol. The maximum Gasteiger partial charge on any atom is 0.220 e. The topological polar surface area (TPSA) is 121 Å². The normalized spacial score (nSPS) is 10.8. The number of nitrogens with zero attached hydrogens (tertiary/aromatic N) is 2. The molecule has 0 saturated heterocycles. The predicted octanol–water partition coefficient (Wildman–Crippen LogP) is 7.20. The zero-order valence-electron chi connectivity index (χ0n) is 29.6. The summed E-state index contributed by atoms with van der Waals surface area (Å²) in [7, 11) is 3.19. The largest absolute Gasteiger partial charge is 0.481 e. The first-order valence-electron chi connectivity index (χ1n) is 16.8. The molecular weight excluding hydrogens is 656 g/mol. The molecule has 1 amide bonds. The molecule has 11 heteroatoms. The lowest BCUT2D eigenvalue weighted by atomic mass is 9.95. The number of nitrogens with one attached hydrogen (secondary N) is 2. The van der Waals surface area contributed by atoms with E-state index in [-0.39, 0.29) is 18.3 Å². The third-order valence-corrected chi connectivity index (χ3v) is 8.67. The van der Waals surface area contributed by atoms with Crippen LogP contribution in [0, 0.1) is 6.92 Å². The Morgan fingerprint density at radius 3 is 2.00 bits per heavy atom. The number of benzene rings is 2. The standard InChI is InChI=1S/C39H47ClN4O6/c1-26(45)11-10-21-41-23-30-18-20-36(44-39(30)48-5)50-25-32-14-9-16-34(37(32)40)33-15-8-13-31(27(33)2)24-49-35-19-17-29(38(43-35)47-4)12-6-7-22-42-28(3)46/h8-9,13-20,41H,6-7,10-12,21-25H2,1-5H3,(H,42,46). The van der Waals surface area contributed by atoms with Crippen LogP contribution in [-0.2, 0) is 35.8 Å². The molecule has 0 saturated carbocycles. The van der Waals surface area contributed by atoms with Gasteiger partial charge in [0.1, 0.15) is 19.0 Å². The Morgan fingerprint density at radius 1 is 0.720 bits per heavy atom. The summed E-state index contributed by atoms with van der Waals surface area (Å²) >= 11 is 6.98. The van der Waals surface area contributed by atoms with E-state index in [0.29, 0.717) is 54.7 Å². The van der Waals surface area contributed by atoms with Crippen LogP contribution in [0.5, 0.6) is 23.5 Å². The van der Waals surface area contributed by atoms with Gasteiger partial charge in [0.25, 0.3) is 0 Å². The number of ether oxygens (including phenoxy) is 4. The van der Waals surface area contributed by atoms with Gasteiger partial charge in [0.15, 0.2) is 0 Å². The first-order valence-corrected chi connectivity index (χ1v) is 17.2. The highest BCUT2D eigenvalue weighted by Crippen LogP contribution is 2.35. The third-order valence-electron chi connectivity index (χ3n) is 8.22. The van der Waals surface area contributed by atoms with Crippen LogP contribution in [0.2, 0.25) is 5.02 Å². The fourth-order valence-corrected chi connectivity index (χ4v) is 5.75. The molecule has 0 unspecified atom stereocenters. The van der Waals surface area contributed by atoms with E-state index in [9.17, 15) is 9.59 Å². The highest BCUT2D eigenvalue weighted by Gasteiger charge is 2.15. The molecule has 2 aromatic carbocycles. The maximum atomic E-state index is 11.2. The van der Waals surface area contributed by atoms with Crippen molar-refractivity contribution in [1.82, 2.24) is 20.6 Å². The van der Waals surface area contributed by atoms with Crippen LogP contribution >= 0.6 is 11.6 Å². The van der Waals surface area contributed by atoms with E-state index < -0.39 is 0 Å². The molecular formula is C39H47ClN4O6. The second-order valence-electron chi connectivity index (χ2n) is 12.0. The molecule has 0 aliphatic rings. The number of rotatable bonds is 20. The van der Waals surface area contributed by atoms with Crippen molar-refractivity contribution in [2.24, 2.45) is 0 Å². The summed E-state index contributed by atoms with van der Waals surface area (Å²) in [5, 5.41) is 6.75. The van der Waals surface area contributed by atoms with Gasteiger partial charge in [-0.3, -0.25) is 4.79 Å². The summed E-state index contributed by atoms with van der Waals surface area (Å²) in [6.07, 6.45) is 3.92. The van der Waals surface area contributed by atoms with Crippen LogP contribution in [0.25, 0.3) is 11.1 Å². The minimum atomic E-state index is -0.0186. The molecule has 10 nitrogen and oxygen atoms in total. The number of Topliss-reactive ketones (excluding diaryl/α,β-unsaturated/α-hetero) is 1. The van der Waals surface area contributed by atoms with Gasteiger partial charge in [0, 0.05) is 60.8 Å². The number of aryl methyl sites for hydroxylation is 1. The molecule has 50 heavy (non-hydrogen) atoms. The Labute approximate surface area is 299 Å². The van der Waals surface area contributed by atoms with Gasteiger partial charge in [-0.15, -0.1) is 0 Å². The Morgan fingerprint density at radius 2 is 1.34 bits per heavy atom. The number of hydrogen-bond donors (Lipinski definition) is 2. The lowest BCUT2D eigenvalue weighted by Crippen LogP contribution is -2.20. The molecule has 0 aliphatic carbocycles. The van der Waals surface area contributed by atoms with Gasteiger partial charge in [-0.1, -0.05) is 48.0 Å². The minimum absolute atomic E-state index is 0.0186. The minimum Gasteiger partial charge on any atom is -0.481 e. The van der Waals surface area contributed by atoms with Crippen LogP contribution in [0.3, 0.4) is 0 Å². The first kappa shape index (κ1) is 38.1. The number of methoxy groups -OCH3 is 2. The molecule has 0 spiro atoms. The molecule has 0 fully saturated rings. The zero-order valence-corrected chi connectivity index (χ0v) is 30.3. The average Bonchev–Trinajstić information content (AvgIpc) is 3.11. The van der Waals surface area contributed by atoms with Crippen LogP contribution < -0.4 is 29.6 Å². The average molecular weight is 703 g/mol. The number of carbonyl (C=O) groups excluding carboxylic acids is 2. The Bertz CT molecular complexity index is 1620.